The molecule has 0 spiro atoms. The Labute approximate surface area is 627 Å². The first-order valence-corrected chi connectivity index (χ1v) is 38.0. The molecule has 0 aromatic heterocycles. The van der Waals surface area contributed by atoms with Crippen molar-refractivity contribution in [1.29, 1.82) is 0 Å². The summed E-state index contributed by atoms with van der Waals surface area (Å²) in [6, 6.07) is 30.3. The van der Waals surface area contributed by atoms with Crippen LogP contribution < -0.4 is 4.74 Å². The van der Waals surface area contributed by atoms with Crippen LogP contribution in [0.5, 0.6) is 17.2 Å². The van der Waals surface area contributed by atoms with Crippen LogP contribution >= 0.6 is 15.3 Å². The molecule has 7 saturated heterocycles. The average Bonchev–Trinajstić information content (AvgIpc) is 0.836. The van der Waals surface area contributed by atoms with Crippen LogP contribution in [0.25, 0.3) is 0 Å². The van der Waals surface area contributed by atoms with E-state index in [0.717, 1.165) is 48.2 Å². The number of alkyl halides is 12. The maximum Gasteiger partial charge on any atom is 0.419 e. The second-order valence-corrected chi connectivity index (χ2v) is 31.9. The highest BCUT2D eigenvalue weighted by atomic mass is 31.2. The summed E-state index contributed by atoms with van der Waals surface area (Å²) in [5.41, 5.74) is 0.763. The molecule has 7 aliphatic heterocycles. The number of amides is 3. The number of benzene rings is 6. The molecule has 2 atom stereocenters. The van der Waals surface area contributed by atoms with Gasteiger partial charge in [-0.05, 0) is 154 Å². The number of aromatic carboxylic acids is 1. The Morgan fingerprint density at radius 3 is 1.17 bits per heavy atom. The standard InChI is InChI=1S/C25H28F3N4O6P.C14H16F3NO.C13H14F3NO2.C12H12F4N3O4P.C8H8O2/c1-17-7-9-29(10-8-17)24(33)19-3-2-4-20(15-19)37-22-16-18(5-6-21(22)32(34)35)23(25(26,27)28)38-39(36,30-11-12-30)31-13-14-31;1-10-3-2-4-11(9-10)13(19)18-7-5-12(6-8-18)14(15,16)17;14-13(15,16)10-4-6-17(7-5-10)12(19)9-2-1-3-11(18)8-9;13-9-7-8(1-2-10(9)19(20)21)11(12(14,15)16)23-24(22,17-3-4-17)18-5-6-18;1-6-3-2-4-7(5-6)8(9)10/h2-6,15-17,23H,7-14H2,1H3;2-4,9,12H,5-8H2,1H3;1-3,8,10,18H,4-7H2;1-2,7,11H,3-6H2;2-5H,1H3,(H,9,10). The molecule has 6 aromatic rings. The largest absolute Gasteiger partial charge is 0.508 e. The van der Waals surface area contributed by atoms with Gasteiger partial charge in [-0.1, -0.05) is 54.4 Å². The number of phenols is 1. The molecule has 602 valence electrons. The first-order valence-electron chi connectivity index (χ1n) is 34.9. The van der Waals surface area contributed by atoms with E-state index >= 15 is 0 Å². The summed E-state index contributed by atoms with van der Waals surface area (Å²) in [5, 5.41) is 40.1. The third kappa shape index (κ3) is 23.5. The van der Waals surface area contributed by atoms with Crippen LogP contribution in [-0.2, 0) is 18.2 Å². The number of hydrogen-bond acceptors (Lipinski definition) is 14. The number of hydrogen-bond donors (Lipinski definition) is 2. The Morgan fingerprint density at radius 1 is 0.468 bits per heavy atom. The lowest BCUT2D eigenvalue weighted by Gasteiger charge is -2.33. The molecule has 7 heterocycles. The number of ether oxygens (including phenoxy) is 1. The van der Waals surface area contributed by atoms with Crippen molar-refractivity contribution in [3.8, 4) is 17.2 Å². The molecule has 3 amide bonds. The summed E-state index contributed by atoms with van der Waals surface area (Å²) >= 11 is 0. The number of likely N-dealkylation sites (tertiary alicyclic amines) is 3. The minimum atomic E-state index is -4.95. The SMILES string of the molecule is CC1CCN(C(=O)c2cccc(Oc3cc(C(OP(=O)(N4CC4)N4CC4)C(F)(F)F)ccc3[N+](=O)[O-])c2)CC1.Cc1cccc(C(=O)N2CCC(C(F)(F)F)CC2)c1.Cc1cccc(C(=O)O)c1.O=C(c1cccc(O)c1)N1CCC(C(F)(F)F)CC1.O=[N+]([O-])c1ccc(C(OP(=O)(N2CC2)N2CC2)C(F)(F)F)cc1F. The zero-order chi connectivity index (χ0) is 81.3. The van der Waals surface area contributed by atoms with Gasteiger partial charge in [-0.25, -0.2) is 23.5 Å². The van der Waals surface area contributed by atoms with Crippen molar-refractivity contribution in [2.75, 3.05) is 91.6 Å². The van der Waals surface area contributed by atoms with E-state index < -0.39 is 114 Å². The van der Waals surface area contributed by atoms with Crippen molar-refractivity contribution < 1.29 is 119 Å². The fourth-order valence-electron chi connectivity index (χ4n) is 12.1. The molecule has 0 bridgehead atoms. The fraction of sp³-hybridized carbons (Fsp3) is 0.444. The average molecular weight is 1620 g/mol. The van der Waals surface area contributed by atoms with Gasteiger partial charge in [0, 0.05) is 120 Å². The quantitative estimate of drug-likeness (QED) is 0.0266. The summed E-state index contributed by atoms with van der Waals surface area (Å²) < 4.78 is 219. The van der Waals surface area contributed by atoms with Gasteiger partial charge >= 0.3 is 57.4 Å². The number of nitrogens with zero attached hydrogens (tertiary/aromatic N) is 9. The molecule has 24 nitrogen and oxygen atoms in total. The smallest absolute Gasteiger partial charge is 0.419 e. The van der Waals surface area contributed by atoms with Crippen molar-refractivity contribution >= 4 is 50.4 Å². The zero-order valence-electron chi connectivity index (χ0n) is 59.8. The summed E-state index contributed by atoms with van der Waals surface area (Å²) in [4.78, 5) is 72.6. The van der Waals surface area contributed by atoms with Crippen LogP contribution in [0, 0.1) is 57.6 Å². The van der Waals surface area contributed by atoms with Gasteiger partial charge in [-0.3, -0.25) is 52.8 Å². The fourth-order valence-corrected chi connectivity index (χ4v) is 16.7. The van der Waals surface area contributed by atoms with Crippen molar-refractivity contribution in [2.45, 2.75) is 96.2 Å². The summed E-state index contributed by atoms with van der Waals surface area (Å²) in [6.45, 7) is 10.5. The molecule has 0 radical (unpaired) electrons. The Bertz CT molecular complexity index is 4310. The third-order valence-corrected chi connectivity index (χ3v) is 24.1. The van der Waals surface area contributed by atoms with E-state index in [0.29, 0.717) is 106 Å². The molecule has 7 fully saturated rings. The number of aromatic hydroxyl groups is 1. The van der Waals surface area contributed by atoms with Crippen molar-refractivity contribution in [3.05, 3.63) is 204 Å². The number of halogens is 13. The van der Waals surface area contributed by atoms with Crippen molar-refractivity contribution in [1.82, 2.24) is 33.4 Å². The molecule has 0 aliphatic carbocycles. The molecule has 6 aromatic carbocycles. The molecule has 13 rings (SSSR count). The molecular weight excluding hydrogens is 1540 g/mol. The second kappa shape index (κ2) is 35.7. The lowest BCUT2D eigenvalue weighted by Crippen LogP contribution is -2.42. The number of carboxylic acid groups (broad SMARTS) is 1. The summed E-state index contributed by atoms with van der Waals surface area (Å²) in [7, 11) is -7.69. The highest BCUT2D eigenvalue weighted by Gasteiger charge is 2.57. The normalized spacial score (nSPS) is 18.0. The number of nitro groups is 2. The number of piperidine rings is 3. The van der Waals surface area contributed by atoms with Crippen LogP contribution in [0.2, 0.25) is 0 Å². The molecule has 0 saturated carbocycles. The third-order valence-electron chi connectivity index (χ3n) is 18.7. The van der Waals surface area contributed by atoms with Crippen LogP contribution in [0.15, 0.2) is 133 Å². The Balaban J connectivity index is 0.000000170. The predicted octanol–water partition coefficient (Wildman–Crippen LogP) is 16.6. The minimum Gasteiger partial charge on any atom is -0.508 e. The molecular formula is C72H78F13N9O15P2. The van der Waals surface area contributed by atoms with Gasteiger partial charge in [-0.15, -0.1) is 0 Å². The van der Waals surface area contributed by atoms with Gasteiger partial charge < -0.3 is 29.6 Å². The highest BCUT2D eigenvalue weighted by Crippen LogP contribution is 2.66. The van der Waals surface area contributed by atoms with Crippen molar-refractivity contribution in [2.24, 2.45) is 17.8 Å². The molecule has 2 N–H and O–H groups in total. The first-order chi connectivity index (χ1) is 52.0. The Kier molecular flexibility index (Phi) is 27.6. The van der Waals surface area contributed by atoms with Gasteiger partial charge in [-0.2, -0.15) is 57.1 Å². The van der Waals surface area contributed by atoms with Crippen LogP contribution in [0.1, 0.15) is 121 Å². The number of nitro benzene ring substituents is 2. The highest BCUT2D eigenvalue weighted by molar-refractivity contribution is 7.54. The maximum absolute atomic E-state index is 14.2. The number of rotatable bonds is 18. The monoisotopic (exact) mass is 1620 g/mol. The van der Waals surface area contributed by atoms with Crippen LogP contribution in [0.3, 0.4) is 0 Å². The first kappa shape index (κ1) is 85.9. The summed E-state index contributed by atoms with van der Waals surface area (Å²) in [6.07, 6.45) is -21.8. The molecule has 7 aliphatic rings. The van der Waals surface area contributed by atoms with Gasteiger partial charge in [0.1, 0.15) is 11.5 Å². The zero-order valence-corrected chi connectivity index (χ0v) is 61.6. The molecule has 2 unspecified atom stereocenters. The Morgan fingerprint density at radius 2 is 0.820 bits per heavy atom. The number of aryl methyl sites for hydroxylation is 2. The summed E-state index contributed by atoms with van der Waals surface area (Å²) in [5.74, 6) is -5.52. The van der Waals surface area contributed by atoms with Gasteiger partial charge in [0.2, 0.25) is 11.6 Å². The van der Waals surface area contributed by atoms with Gasteiger partial charge in [0.25, 0.3) is 17.7 Å². The van der Waals surface area contributed by atoms with E-state index in [2.05, 4.69) is 6.92 Å². The van der Waals surface area contributed by atoms with Gasteiger partial charge in [0.05, 0.1) is 27.2 Å². The van der Waals surface area contributed by atoms with E-state index in [-0.39, 0.29) is 81.1 Å². The van der Waals surface area contributed by atoms with Crippen molar-refractivity contribution in [3.63, 3.8) is 0 Å². The van der Waals surface area contributed by atoms with Crippen LogP contribution in [-0.4, -0.2) is 193 Å². The lowest BCUT2D eigenvalue weighted by atomic mass is 9.96. The number of phenolic OH excluding ortho intramolecular Hbond substituents is 1. The maximum atomic E-state index is 14.2. The van der Waals surface area contributed by atoms with Crippen LogP contribution in [0.4, 0.5) is 68.5 Å². The van der Waals surface area contributed by atoms with E-state index in [4.69, 9.17) is 18.9 Å². The topological polar surface area (TPSA) is 279 Å². The van der Waals surface area contributed by atoms with E-state index in [9.17, 15) is 111 Å². The lowest BCUT2D eigenvalue weighted by molar-refractivity contribution is -0.387. The minimum absolute atomic E-state index is 0.00105. The van der Waals surface area contributed by atoms with E-state index in [1.807, 2.05) is 26.0 Å². The second-order valence-electron chi connectivity index (χ2n) is 27.2. The molecule has 39 heteroatoms. The number of carboxylic acids is 1. The predicted molar refractivity (Wildman–Crippen MR) is 375 cm³/mol. The van der Waals surface area contributed by atoms with E-state index in [1.54, 1.807) is 47.4 Å². The number of carbonyl (C=O) groups excluding carboxylic acids is 3. The van der Waals surface area contributed by atoms with E-state index in [1.165, 1.54) is 70.9 Å². The number of carbonyl (C=O) groups is 4. The Hall–Kier alpha value is -9.09. The molecule has 111 heavy (non-hydrogen) atoms. The van der Waals surface area contributed by atoms with Gasteiger partial charge in [0.15, 0.2) is 12.2 Å².